The first-order valence-electron chi connectivity index (χ1n) is 6.20. The van der Waals surface area contributed by atoms with E-state index >= 15 is 0 Å². The van der Waals surface area contributed by atoms with E-state index in [1.54, 1.807) is 17.8 Å². The minimum Gasteiger partial charge on any atom is -0.210 e. The van der Waals surface area contributed by atoms with Crippen LogP contribution in [-0.2, 0) is 10.0 Å². The van der Waals surface area contributed by atoms with E-state index in [1.165, 1.54) is 12.1 Å². The van der Waals surface area contributed by atoms with Crippen LogP contribution in [0, 0.1) is 17.1 Å². The second-order valence-electron chi connectivity index (χ2n) is 4.95. The number of rotatable bonds is 4. The van der Waals surface area contributed by atoms with Crippen LogP contribution in [0.15, 0.2) is 23.1 Å². The number of nitrogens with one attached hydrogen (secondary N) is 1. The normalized spacial score (nSPS) is 22.6. The molecule has 108 valence electrons. The van der Waals surface area contributed by atoms with Crippen LogP contribution in [-0.4, -0.2) is 25.5 Å². The summed E-state index contributed by atoms with van der Waals surface area (Å²) in [6.07, 6.45) is 2.00. The maximum atomic E-state index is 13.5. The molecule has 4 nitrogen and oxygen atoms in total. The number of benzene rings is 1. The van der Waals surface area contributed by atoms with Crippen molar-refractivity contribution in [2.24, 2.45) is 0 Å². The molecule has 0 spiro atoms. The van der Waals surface area contributed by atoms with Gasteiger partial charge in [0.15, 0.2) is 0 Å². The van der Waals surface area contributed by atoms with Crippen molar-refractivity contribution in [3.63, 3.8) is 0 Å². The second-order valence-corrected chi connectivity index (χ2v) is 8.37. The van der Waals surface area contributed by atoms with Gasteiger partial charge in [-0.1, -0.05) is 6.07 Å². The Bertz CT molecular complexity index is 647. The number of hydrogen-bond donors (Lipinski definition) is 1. The molecule has 2 rings (SSSR count). The molecule has 1 unspecified atom stereocenters. The van der Waals surface area contributed by atoms with E-state index in [-0.39, 0.29) is 16.2 Å². The molecule has 0 radical (unpaired) electrons. The van der Waals surface area contributed by atoms with Gasteiger partial charge in [-0.2, -0.15) is 17.0 Å². The van der Waals surface area contributed by atoms with Gasteiger partial charge in [-0.05, 0) is 37.7 Å². The molecule has 0 amide bonds. The SMILES string of the molecule is CC1(CNS(=O)(=O)c2cccc(F)c2C#N)CCCS1. The van der Waals surface area contributed by atoms with E-state index in [4.69, 9.17) is 5.26 Å². The zero-order chi connectivity index (χ0) is 14.8. The fraction of sp³-hybridized carbons (Fsp3) is 0.462. The molecule has 1 aliphatic rings. The fourth-order valence-electron chi connectivity index (χ4n) is 2.14. The summed E-state index contributed by atoms with van der Waals surface area (Å²) in [4.78, 5) is -0.299. The van der Waals surface area contributed by atoms with Gasteiger partial charge in [0.1, 0.15) is 22.3 Å². The van der Waals surface area contributed by atoms with Crippen molar-refractivity contribution in [2.45, 2.75) is 29.4 Å². The highest BCUT2D eigenvalue weighted by Crippen LogP contribution is 2.37. The summed E-state index contributed by atoms with van der Waals surface area (Å²) in [5.74, 6) is 0.193. The molecule has 20 heavy (non-hydrogen) atoms. The molecule has 1 atom stereocenters. The summed E-state index contributed by atoms with van der Waals surface area (Å²) >= 11 is 1.73. The van der Waals surface area contributed by atoms with E-state index in [9.17, 15) is 12.8 Å². The lowest BCUT2D eigenvalue weighted by atomic mass is 10.1. The number of halogens is 1. The third kappa shape index (κ3) is 3.14. The van der Waals surface area contributed by atoms with Crippen LogP contribution in [0.2, 0.25) is 0 Å². The smallest absolute Gasteiger partial charge is 0.210 e. The summed E-state index contributed by atoms with van der Waals surface area (Å²) in [5.41, 5.74) is -0.441. The Labute approximate surface area is 122 Å². The maximum absolute atomic E-state index is 13.5. The number of nitrogens with zero attached hydrogens (tertiary/aromatic N) is 1. The minimum absolute atomic E-state index is 0.132. The Morgan fingerprint density at radius 2 is 2.30 bits per heavy atom. The predicted molar refractivity (Wildman–Crippen MR) is 76.4 cm³/mol. The van der Waals surface area contributed by atoms with Crippen LogP contribution < -0.4 is 4.72 Å². The summed E-state index contributed by atoms with van der Waals surface area (Å²) < 4.78 is 40.3. The van der Waals surface area contributed by atoms with Crippen LogP contribution in [0.25, 0.3) is 0 Å². The van der Waals surface area contributed by atoms with Crippen molar-refractivity contribution in [1.82, 2.24) is 4.72 Å². The van der Waals surface area contributed by atoms with E-state index < -0.39 is 21.4 Å². The Balaban J connectivity index is 2.23. The molecule has 0 saturated carbocycles. The van der Waals surface area contributed by atoms with Gasteiger partial charge in [0.05, 0.1) is 0 Å². The Kier molecular flexibility index (Phi) is 4.37. The molecule has 1 aromatic rings. The van der Waals surface area contributed by atoms with Gasteiger partial charge < -0.3 is 0 Å². The first kappa shape index (κ1) is 15.3. The van der Waals surface area contributed by atoms with Crippen molar-refractivity contribution in [1.29, 1.82) is 5.26 Å². The van der Waals surface area contributed by atoms with Crippen LogP contribution in [0.4, 0.5) is 4.39 Å². The molecule has 0 aromatic heterocycles. The van der Waals surface area contributed by atoms with E-state index in [1.807, 2.05) is 6.92 Å². The number of sulfonamides is 1. The standard InChI is InChI=1S/C13H15FN2O2S2/c1-13(6-3-7-19-13)9-16-20(17,18)12-5-2-4-11(14)10(12)8-15/h2,4-5,16H,3,6-7,9H2,1H3. The van der Waals surface area contributed by atoms with Crippen molar-refractivity contribution in [2.75, 3.05) is 12.3 Å². The predicted octanol–water partition coefficient (Wildman–Crippen LogP) is 2.26. The molecule has 1 aliphatic heterocycles. The number of nitriles is 1. The van der Waals surface area contributed by atoms with Crippen molar-refractivity contribution in [3.05, 3.63) is 29.6 Å². The Morgan fingerprint density at radius 1 is 1.55 bits per heavy atom. The average Bonchev–Trinajstić information content (AvgIpc) is 2.84. The van der Waals surface area contributed by atoms with E-state index in [0.717, 1.165) is 24.7 Å². The maximum Gasteiger partial charge on any atom is 0.242 e. The van der Waals surface area contributed by atoms with Gasteiger partial charge in [0.2, 0.25) is 10.0 Å². The summed E-state index contributed by atoms with van der Waals surface area (Å²) in [5, 5.41) is 8.91. The first-order chi connectivity index (χ1) is 9.38. The quantitative estimate of drug-likeness (QED) is 0.925. The molecule has 1 fully saturated rings. The van der Waals surface area contributed by atoms with Gasteiger partial charge in [-0.3, -0.25) is 0 Å². The summed E-state index contributed by atoms with van der Waals surface area (Å²) in [6.45, 7) is 2.28. The van der Waals surface area contributed by atoms with Crippen molar-refractivity contribution in [3.8, 4) is 6.07 Å². The van der Waals surface area contributed by atoms with Gasteiger partial charge in [0, 0.05) is 11.3 Å². The summed E-state index contributed by atoms with van der Waals surface area (Å²) in [7, 11) is -3.88. The Morgan fingerprint density at radius 3 is 2.90 bits per heavy atom. The molecule has 1 saturated heterocycles. The lowest BCUT2D eigenvalue weighted by molar-refractivity contribution is 0.550. The molecule has 1 aromatic carbocycles. The van der Waals surface area contributed by atoms with E-state index in [2.05, 4.69) is 4.72 Å². The molecule has 1 heterocycles. The third-order valence-electron chi connectivity index (χ3n) is 3.31. The minimum atomic E-state index is -3.88. The van der Waals surface area contributed by atoms with Crippen LogP contribution >= 0.6 is 11.8 Å². The highest BCUT2D eigenvalue weighted by atomic mass is 32.2. The summed E-state index contributed by atoms with van der Waals surface area (Å²) in [6, 6.07) is 5.22. The first-order valence-corrected chi connectivity index (χ1v) is 8.67. The lowest BCUT2D eigenvalue weighted by Gasteiger charge is -2.22. The molecular weight excluding hydrogens is 299 g/mol. The number of hydrogen-bond acceptors (Lipinski definition) is 4. The highest BCUT2D eigenvalue weighted by molar-refractivity contribution is 8.01. The molecule has 0 bridgehead atoms. The monoisotopic (exact) mass is 314 g/mol. The average molecular weight is 314 g/mol. The van der Waals surface area contributed by atoms with E-state index in [0.29, 0.717) is 0 Å². The third-order valence-corrected chi connectivity index (χ3v) is 6.30. The zero-order valence-corrected chi connectivity index (χ0v) is 12.7. The number of thioether (sulfide) groups is 1. The van der Waals surface area contributed by atoms with Crippen LogP contribution in [0.1, 0.15) is 25.3 Å². The van der Waals surface area contributed by atoms with Crippen LogP contribution in [0.3, 0.4) is 0 Å². The largest absolute Gasteiger partial charge is 0.242 e. The second kappa shape index (κ2) is 5.72. The highest BCUT2D eigenvalue weighted by Gasteiger charge is 2.31. The van der Waals surface area contributed by atoms with Crippen LogP contribution in [0.5, 0.6) is 0 Å². The molecular formula is C13H15FN2O2S2. The molecule has 0 aliphatic carbocycles. The lowest BCUT2D eigenvalue weighted by Crippen LogP contribution is -2.37. The zero-order valence-electron chi connectivity index (χ0n) is 11.0. The topological polar surface area (TPSA) is 70.0 Å². The van der Waals surface area contributed by atoms with Crippen molar-refractivity contribution >= 4 is 21.8 Å². The molecule has 7 heteroatoms. The van der Waals surface area contributed by atoms with Gasteiger partial charge in [0.25, 0.3) is 0 Å². The molecule has 1 N–H and O–H groups in total. The Hall–Kier alpha value is -1.10. The fourth-order valence-corrected chi connectivity index (χ4v) is 4.81. The van der Waals surface area contributed by atoms with Gasteiger partial charge in [-0.15, -0.1) is 0 Å². The van der Waals surface area contributed by atoms with Gasteiger partial charge in [-0.25, -0.2) is 17.5 Å². The van der Waals surface area contributed by atoms with Gasteiger partial charge >= 0.3 is 0 Å². The van der Waals surface area contributed by atoms with Crippen molar-refractivity contribution < 1.29 is 12.8 Å².